The zero-order valence-corrected chi connectivity index (χ0v) is 11.8. The molecule has 5 nitrogen and oxygen atoms in total. The molecule has 1 aromatic carbocycles. The van der Waals surface area contributed by atoms with Gasteiger partial charge >= 0.3 is 6.03 Å². The molecule has 1 unspecified atom stereocenters. The van der Waals surface area contributed by atoms with E-state index < -0.39 is 6.04 Å². The van der Waals surface area contributed by atoms with Gasteiger partial charge in [0, 0.05) is 26.1 Å². The monoisotopic (exact) mass is 275 g/mol. The number of carbonyl (C=O) groups is 2. The minimum absolute atomic E-state index is 0.0717. The van der Waals surface area contributed by atoms with Crippen molar-refractivity contribution in [1.29, 1.82) is 0 Å². The maximum absolute atomic E-state index is 12.2. The second-order valence-corrected chi connectivity index (χ2v) is 4.88. The quantitative estimate of drug-likeness (QED) is 0.869. The molecule has 2 rings (SSSR count). The third-order valence-corrected chi connectivity index (χ3v) is 3.41. The lowest BCUT2D eigenvalue weighted by Crippen LogP contribution is -2.51. The van der Waals surface area contributed by atoms with Crippen LogP contribution in [0.1, 0.15) is 18.9 Å². The first kappa shape index (κ1) is 14.4. The van der Waals surface area contributed by atoms with Crippen LogP contribution in [0.15, 0.2) is 30.3 Å². The third kappa shape index (κ3) is 3.50. The number of hydrogen-bond donors (Lipinski definition) is 2. The molecule has 2 N–H and O–H groups in total. The summed E-state index contributed by atoms with van der Waals surface area (Å²) in [5.74, 6) is -0.0717. The van der Waals surface area contributed by atoms with E-state index in [9.17, 15) is 9.59 Å². The topological polar surface area (TPSA) is 61.4 Å². The van der Waals surface area contributed by atoms with Crippen LogP contribution in [0.4, 0.5) is 4.79 Å². The van der Waals surface area contributed by atoms with E-state index in [1.54, 1.807) is 4.90 Å². The fraction of sp³-hybridized carbons (Fsp3) is 0.467. The van der Waals surface area contributed by atoms with Crippen molar-refractivity contribution in [3.8, 4) is 0 Å². The van der Waals surface area contributed by atoms with Gasteiger partial charge in [0.25, 0.3) is 0 Å². The Bertz CT molecular complexity index is 461. The Labute approximate surface area is 119 Å². The zero-order valence-electron chi connectivity index (χ0n) is 11.8. The van der Waals surface area contributed by atoms with E-state index in [2.05, 4.69) is 10.6 Å². The van der Waals surface area contributed by atoms with Crippen molar-refractivity contribution in [3.05, 3.63) is 35.9 Å². The zero-order chi connectivity index (χ0) is 14.4. The summed E-state index contributed by atoms with van der Waals surface area (Å²) >= 11 is 0. The van der Waals surface area contributed by atoms with E-state index in [1.165, 1.54) is 0 Å². The number of benzene rings is 1. The fourth-order valence-electron chi connectivity index (χ4n) is 2.41. The van der Waals surface area contributed by atoms with E-state index in [4.69, 9.17) is 0 Å². The van der Waals surface area contributed by atoms with Crippen LogP contribution in [0.2, 0.25) is 0 Å². The van der Waals surface area contributed by atoms with Crippen LogP contribution in [0.25, 0.3) is 0 Å². The summed E-state index contributed by atoms with van der Waals surface area (Å²) in [5, 5.41) is 5.67. The summed E-state index contributed by atoms with van der Waals surface area (Å²) in [5.41, 5.74) is 1.06. The second kappa shape index (κ2) is 6.93. The van der Waals surface area contributed by atoms with Crippen molar-refractivity contribution in [1.82, 2.24) is 15.5 Å². The summed E-state index contributed by atoms with van der Waals surface area (Å²) in [6.45, 7) is 3.67. The van der Waals surface area contributed by atoms with E-state index in [0.29, 0.717) is 26.1 Å². The van der Waals surface area contributed by atoms with Gasteiger partial charge in [-0.05, 0) is 18.9 Å². The number of hydrogen-bond acceptors (Lipinski definition) is 2. The van der Waals surface area contributed by atoms with Gasteiger partial charge in [0.05, 0.1) is 0 Å². The second-order valence-electron chi connectivity index (χ2n) is 4.88. The average Bonchev–Trinajstić information content (AvgIpc) is 2.63. The van der Waals surface area contributed by atoms with Crippen molar-refractivity contribution in [2.24, 2.45) is 0 Å². The fourth-order valence-corrected chi connectivity index (χ4v) is 2.41. The normalized spacial score (nSPS) is 19.1. The van der Waals surface area contributed by atoms with Crippen LogP contribution in [-0.2, 0) is 11.2 Å². The van der Waals surface area contributed by atoms with Gasteiger partial charge in [0.15, 0.2) is 0 Å². The van der Waals surface area contributed by atoms with Gasteiger partial charge in [-0.25, -0.2) is 4.79 Å². The number of nitrogens with zero attached hydrogens (tertiary/aromatic N) is 1. The lowest BCUT2D eigenvalue weighted by Gasteiger charge is -2.28. The number of amides is 3. The molecular formula is C15H21N3O2. The van der Waals surface area contributed by atoms with Crippen LogP contribution < -0.4 is 10.6 Å². The summed E-state index contributed by atoms with van der Waals surface area (Å²) in [6.07, 6.45) is 1.33. The first-order valence-electron chi connectivity index (χ1n) is 7.08. The standard InChI is InChI=1S/C15H21N3O2/c1-2-16-15(20)18-10-6-9-17-14(19)13(18)11-12-7-4-3-5-8-12/h3-5,7-8,13H,2,6,9-11H2,1H3,(H,16,20)(H,17,19). The summed E-state index contributed by atoms with van der Waals surface area (Å²) < 4.78 is 0. The van der Waals surface area contributed by atoms with Gasteiger partial charge in [0.2, 0.25) is 5.91 Å². The number of carbonyl (C=O) groups excluding carboxylic acids is 2. The van der Waals surface area contributed by atoms with Crippen molar-refractivity contribution in [2.75, 3.05) is 19.6 Å². The van der Waals surface area contributed by atoms with Gasteiger partial charge in [-0.1, -0.05) is 30.3 Å². The Morgan fingerprint density at radius 2 is 2.15 bits per heavy atom. The maximum atomic E-state index is 12.2. The molecule has 0 spiro atoms. The van der Waals surface area contributed by atoms with E-state index >= 15 is 0 Å². The predicted molar refractivity (Wildman–Crippen MR) is 77.3 cm³/mol. The summed E-state index contributed by atoms with van der Waals surface area (Å²) in [7, 11) is 0. The van der Waals surface area contributed by atoms with Crippen LogP contribution in [0.5, 0.6) is 0 Å². The molecule has 1 aromatic rings. The molecule has 1 heterocycles. The largest absolute Gasteiger partial charge is 0.354 e. The molecule has 0 radical (unpaired) electrons. The molecule has 20 heavy (non-hydrogen) atoms. The molecule has 0 aromatic heterocycles. The van der Waals surface area contributed by atoms with Gasteiger partial charge in [0.1, 0.15) is 6.04 Å². The Balaban J connectivity index is 2.17. The van der Waals surface area contributed by atoms with Crippen LogP contribution >= 0.6 is 0 Å². The Morgan fingerprint density at radius 1 is 1.40 bits per heavy atom. The maximum Gasteiger partial charge on any atom is 0.318 e. The number of urea groups is 1. The third-order valence-electron chi connectivity index (χ3n) is 3.41. The van der Waals surface area contributed by atoms with Crippen LogP contribution in [0, 0.1) is 0 Å². The minimum Gasteiger partial charge on any atom is -0.354 e. The van der Waals surface area contributed by atoms with Crippen molar-refractivity contribution in [3.63, 3.8) is 0 Å². The summed E-state index contributed by atoms with van der Waals surface area (Å²) in [6, 6.07) is 9.19. The van der Waals surface area contributed by atoms with Crippen LogP contribution in [-0.4, -0.2) is 42.5 Å². The first-order chi connectivity index (χ1) is 9.72. The minimum atomic E-state index is -0.438. The molecule has 1 aliphatic heterocycles. The lowest BCUT2D eigenvalue weighted by atomic mass is 10.0. The van der Waals surface area contributed by atoms with Gasteiger partial charge < -0.3 is 15.5 Å². The molecule has 3 amide bonds. The first-order valence-corrected chi connectivity index (χ1v) is 7.08. The highest BCUT2D eigenvalue weighted by atomic mass is 16.2. The summed E-state index contributed by atoms with van der Waals surface area (Å²) in [4.78, 5) is 26.0. The van der Waals surface area contributed by atoms with Gasteiger partial charge in [-0.15, -0.1) is 0 Å². The highest BCUT2D eigenvalue weighted by molar-refractivity contribution is 5.87. The molecule has 1 saturated heterocycles. The Kier molecular flexibility index (Phi) is 4.98. The number of nitrogens with one attached hydrogen (secondary N) is 2. The highest BCUT2D eigenvalue weighted by Gasteiger charge is 2.31. The molecule has 108 valence electrons. The predicted octanol–water partition coefficient (Wildman–Crippen LogP) is 1.15. The van der Waals surface area contributed by atoms with Gasteiger partial charge in [-0.2, -0.15) is 0 Å². The van der Waals surface area contributed by atoms with Crippen molar-refractivity contribution < 1.29 is 9.59 Å². The Morgan fingerprint density at radius 3 is 2.85 bits per heavy atom. The molecule has 0 saturated carbocycles. The SMILES string of the molecule is CCNC(=O)N1CCCNC(=O)C1Cc1ccccc1. The van der Waals surface area contributed by atoms with E-state index in [-0.39, 0.29) is 11.9 Å². The van der Waals surface area contributed by atoms with E-state index in [1.807, 2.05) is 37.3 Å². The molecule has 0 aliphatic carbocycles. The van der Waals surface area contributed by atoms with E-state index in [0.717, 1.165) is 12.0 Å². The lowest BCUT2D eigenvalue weighted by molar-refractivity contribution is -0.124. The van der Waals surface area contributed by atoms with Crippen molar-refractivity contribution in [2.45, 2.75) is 25.8 Å². The molecular weight excluding hydrogens is 254 g/mol. The van der Waals surface area contributed by atoms with Crippen LogP contribution in [0.3, 0.4) is 0 Å². The molecule has 1 fully saturated rings. The van der Waals surface area contributed by atoms with Crippen molar-refractivity contribution >= 4 is 11.9 Å². The smallest absolute Gasteiger partial charge is 0.318 e. The average molecular weight is 275 g/mol. The number of rotatable bonds is 3. The Hall–Kier alpha value is -2.04. The molecule has 5 heteroatoms. The molecule has 1 atom stereocenters. The molecule has 0 bridgehead atoms. The van der Waals surface area contributed by atoms with Gasteiger partial charge in [-0.3, -0.25) is 4.79 Å². The highest BCUT2D eigenvalue weighted by Crippen LogP contribution is 2.12. The molecule has 1 aliphatic rings.